The first kappa shape index (κ1) is 13.1. The third-order valence-corrected chi connectivity index (χ3v) is 4.17. The molecule has 0 amide bonds. The molecule has 0 saturated carbocycles. The van der Waals surface area contributed by atoms with E-state index in [1.807, 2.05) is 0 Å². The molecule has 0 aliphatic carbocycles. The average molecular weight is 282 g/mol. The number of aromatic amines is 1. The highest BCUT2D eigenvalue weighted by Gasteiger charge is 2.11. The fourth-order valence-electron chi connectivity index (χ4n) is 2.67. The predicted octanol–water partition coefficient (Wildman–Crippen LogP) is 4.81. The van der Waals surface area contributed by atoms with Crippen molar-refractivity contribution in [1.29, 1.82) is 0 Å². The molecule has 0 fully saturated rings. The number of H-pyrrole nitrogens is 1. The first-order chi connectivity index (χ1) is 9.66. The van der Waals surface area contributed by atoms with Crippen LogP contribution in [0.15, 0.2) is 48.5 Å². The van der Waals surface area contributed by atoms with E-state index in [0.717, 1.165) is 16.8 Å². The Balaban J connectivity index is 2.01. The number of hydrogen-bond acceptors (Lipinski definition) is 1. The van der Waals surface area contributed by atoms with E-state index in [1.165, 1.54) is 16.6 Å². The Labute approximate surface area is 124 Å². The third kappa shape index (κ3) is 2.29. The van der Waals surface area contributed by atoms with Crippen molar-refractivity contribution in [3.8, 4) is 0 Å². The number of benzene rings is 2. The van der Waals surface area contributed by atoms with Crippen LogP contribution in [0.5, 0.6) is 0 Å². The van der Waals surface area contributed by atoms with Gasteiger partial charge in [-0.15, -0.1) is 0 Å². The zero-order valence-electron chi connectivity index (χ0n) is 11.8. The van der Waals surface area contributed by atoms with Crippen LogP contribution in [0.25, 0.3) is 11.0 Å². The smallest absolute Gasteiger partial charge is 0.178 e. The lowest BCUT2D eigenvalue weighted by atomic mass is 10.0. The molecule has 0 spiro atoms. The van der Waals surface area contributed by atoms with Gasteiger partial charge in [-0.05, 0) is 42.3 Å². The summed E-state index contributed by atoms with van der Waals surface area (Å²) in [6, 6.07) is 16.9. The summed E-state index contributed by atoms with van der Waals surface area (Å²) in [5.74, 6) is 0.433. The first-order valence-electron chi connectivity index (χ1n) is 6.90. The minimum atomic E-state index is 0.433. The van der Waals surface area contributed by atoms with Crippen LogP contribution in [0.3, 0.4) is 0 Å². The molecule has 2 aromatic carbocycles. The lowest BCUT2D eigenvalue weighted by Gasteiger charge is -2.13. The highest BCUT2D eigenvalue weighted by Crippen LogP contribution is 2.22. The number of aryl methyl sites for hydroxylation is 1. The molecular formula is C17H18N2S. The number of rotatable bonds is 3. The molecular weight excluding hydrogens is 264 g/mol. The second-order valence-electron chi connectivity index (χ2n) is 5.32. The zero-order valence-corrected chi connectivity index (χ0v) is 12.6. The van der Waals surface area contributed by atoms with E-state index < -0.39 is 0 Å². The van der Waals surface area contributed by atoms with Crippen molar-refractivity contribution in [3.63, 3.8) is 0 Å². The maximum absolute atomic E-state index is 5.49. The van der Waals surface area contributed by atoms with Gasteiger partial charge in [0.05, 0.1) is 11.0 Å². The van der Waals surface area contributed by atoms with Gasteiger partial charge >= 0.3 is 0 Å². The molecule has 3 aromatic rings. The summed E-state index contributed by atoms with van der Waals surface area (Å²) in [5.41, 5.74) is 4.92. The lowest BCUT2D eigenvalue weighted by Crippen LogP contribution is -2.06. The molecule has 3 rings (SSSR count). The van der Waals surface area contributed by atoms with Crippen molar-refractivity contribution < 1.29 is 0 Å². The van der Waals surface area contributed by atoms with E-state index in [0.29, 0.717) is 5.92 Å². The molecule has 3 heteroatoms. The Morgan fingerprint density at radius 1 is 1.10 bits per heavy atom. The normalized spacial score (nSPS) is 12.7. The highest BCUT2D eigenvalue weighted by atomic mass is 32.1. The van der Waals surface area contributed by atoms with Crippen molar-refractivity contribution in [2.75, 3.05) is 0 Å². The Bertz CT molecular complexity index is 784. The summed E-state index contributed by atoms with van der Waals surface area (Å²) in [6.07, 6.45) is 0. The van der Waals surface area contributed by atoms with Gasteiger partial charge in [0, 0.05) is 6.54 Å². The summed E-state index contributed by atoms with van der Waals surface area (Å²) in [4.78, 5) is 3.33. The average Bonchev–Trinajstić information content (AvgIpc) is 2.78. The van der Waals surface area contributed by atoms with Crippen LogP contribution < -0.4 is 0 Å². The number of nitrogens with one attached hydrogen (secondary N) is 1. The summed E-state index contributed by atoms with van der Waals surface area (Å²) >= 11 is 5.49. The highest BCUT2D eigenvalue weighted by molar-refractivity contribution is 7.71. The van der Waals surface area contributed by atoms with Gasteiger partial charge in [0.25, 0.3) is 0 Å². The van der Waals surface area contributed by atoms with Crippen molar-refractivity contribution in [1.82, 2.24) is 9.55 Å². The standard InChI is InChI=1S/C17H18N2S/c1-12-7-6-10-15-16(12)18-17(20)19(15)11-13(2)14-8-4-3-5-9-14/h3-10,13H,11H2,1-2H3,(H,18,20). The second kappa shape index (κ2) is 5.25. The molecule has 1 atom stereocenters. The SMILES string of the molecule is Cc1cccc2c1[nH]c(=S)n2CC(C)c1ccccc1. The minimum absolute atomic E-state index is 0.433. The largest absolute Gasteiger partial charge is 0.330 e. The molecule has 1 N–H and O–H groups in total. The second-order valence-corrected chi connectivity index (χ2v) is 5.71. The van der Waals surface area contributed by atoms with Gasteiger partial charge in [-0.3, -0.25) is 0 Å². The van der Waals surface area contributed by atoms with Gasteiger partial charge in [0.15, 0.2) is 4.77 Å². The van der Waals surface area contributed by atoms with E-state index in [4.69, 9.17) is 12.2 Å². The van der Waals surface area contributed by atoms with Gasteiger partial charge in [0.2, 0.25) is 0 Å². The van der Waals surface area contributed by atoms with Gasteiger partial charge in [0.1, 0.15) is 0 Å². The minimum Gasteiger partial charge on any atom is -0.330 e. The van der Waals surface area contributed by atoms with Crippen molar-refractivity contribution >= 4 is 23.3 Å². The van der Waals surface area contributed by atoms with Crippen LogP contribution in [0, 0.1) is 11.7 Å². The summed E-state index contributed by atoms with van der Waals surface area (Å²) in [7, 11) is 0. The van der Waals surface area contributed by atoms with E-state index in [2.05, 4.69) is 71.9 Å². The number of hydrogen-bond donors (Lipinski definition) is 1. The first-order valence-corrected chi connectivity index (χ1v) is 7.30. The van der Waals surface area contributed by atoms with Crippen LogP contribution >= 0.6 is 12.2 Å². The van der Waals surface area contributed by atoms with Crippen molar-refractivity contribution in [3.05, 3.63) is 64.4 Å². The van der Waals surface area contributed by atoms with Gasteiger partial charge in [-0.2, -0.15) is 0 Å². The monoisotopic (exact) mass is 282 g/mol. The molecule has 1 heterocycles. The Morgan fingerprint density at radius 2 is 1.85 bits per heavy atom. The maximum atomic E-state index is 5.49. The van der Waals surface area contributed by atoms with Gasteiger partial charge < -0.3 is 9.55 Å². The van der Waals surface area contributed by atoms with Gasteiger partial charge in [-0.1, -0.05) is 49.4 Å². The Hall–Kier alpha value is -1.87. The summed E-state index contributed by atoms with van der Waals surface area (Å²) in [6.45, 7) is 5.25. The van der Waals surface area contributed by atoms with E-state index in [9.17, 15) is 0 Å². The van der Waals surface area contributed by atoms with E-state index in [1.54, 1.807) is 0 Å². The number of para-hydroxylation sites is 1. The van der Waals surface area contributed by atoms with Crippen LogP contribution in [0.4, 0.5) is 0 Å². The zero-order chi connectivity index (χ0) is 14.1. The molecule has 0 bridgehead atoms. The van der Waals surface area contributed by atoms with Gasteiger partial charge in [-0.25, -0.2) is 0 Å². The molecule has 2 nitrogen and oxygen atoms in total. The molecule has 0 saturated heterocycles. The van der Waals surface area contributed by atoms with E-state index in [-0.39, 0.29) is 0 Å². The maximum Gasteiger partial charge on any atom is 0.178 e. The molecule has 0 radical (unpaired) electrons. The topological polar surface area (TPSA) is 20.7 Å². The molecule has 0 aliphatic rings. The number of aromatic nitrogens is 2. The third-order valence-electron chi connectivity index (χ3n) is 3.84. The molecule has 1 unspecified atom stereocenters. The number of imidazole rings is 1. The summed E-state index contributed by atoms with van der Waals surface area (Å²) in [5, 5.41) is 0. The molecule has 102 valence electrons. The quantitative estimate of drug-likeness (QED) is 0.684. The fraction of sp³-hybridized carbons (Fsp3) is 0.235. The molecule has 20 heavy (non-hydrogen) atoms. The molecule has 0 aliphatic heterocycles. The van der Waals surface area contributed by atoms with Crippen LogP contribution in [-0.2, 0) is 6.54 Å². The fourth-order valence-corrected chi connectivity index (χ4v) is 2.94. The predicted molar refractivity (Wildman–Crippen MR) is 86.7 cm³/mol. The van der Waals surface area contributed by atoms with Crippen LogP contribution in [0.2, 0.25) is 0 Å². The number of nitrogens with zero attached hydrogens (tertiary/aromatic N) is 1. The van der Waals surface area contributed by atoms with Crippen LogP contribution in [-0.4, -0.2) is 9.55 Å². The lowest BCUT2D eigenvalue weighted by molar-refractivity contribution is 0.605. The van der Waals surface area contributed by atoms with Crippen LogP contribution in [0.1, 0.15) is 24.0 Å². The Kier molecular flexibility index (Phi) is 3.45. The van der Waals surface area contributed by atoms with Crippen molar-refractivity contribution in [2.24, 2.45) is 0 Å². The van der Waals surface area contributed by atoms with Crippen molar-refractivity contribution in [2.45, 2.75) is 26.3 Å². The van der Waals surface area contributed by atoms with E-state index >= 15 is 0 Å². The summed E-state index contributed by atoms with van der Waals surface area (Å²) < 4.78 is 3.01. The number of fused-ring (bicyclic) bond motifs is 1. The Morgan fingerprint density at radius 3 is 2.60 bits per heavy atom. The molecule has 1 aromatic heterocycles.